The Hall–Kier alpha value is -4.97. The summed E-state index contributed by atoms with van der Waals surface area (Å²) in [5.41, 5.74) is 0. The average molecular weight is 1010 g/mol. The molecule has 0 aromatic heterocycles. The van der Waals surface area contributed by atoms with Crippen molar-refractivity contribution in [1.29, 1.82) is 0 Å². The Labute approximate surface area is 448 Å². The molecule has 0 aromatic carbocycles. The molecule has 0 amide bonds. The Kier molecular flexibility index (Phi) is 55.5. The summed E-state index contributed by atoms with van der Waals surface area (Å²) >= 11 is 0. The Balaban J connectivity index is 4.54. The molecule has 1 unspecified atom stereocenters. The van der Waals surface area contributed by atoms with Gasteiger partial charge in [0.2, 0.25) is 0 Å². The van der Waals surface area contributed by atoms with E-state index >= 15 is 0 Å². The van der Waals surface area contributed by atoms with Gasteiger partial charge in [0.1, 0.15) is 13.2 Å². The third-order valence-electron chi connectivity index (χ3n) is 11.7. The van der Waals surface area contributed by atoms with Gasteiger partial charge in [0, 0.05) is 19.3 Å². The zero-order valence-corrected chi connectivity index (χ0v) is 46.6. The van der Waals surface area contributed by atoms with Crippen LogP contribution in [-0.4, -0.2) is 37.2 Å². The largest absolute Gasteiger partial charge is 0.462 e. The molecule has 0 aliphatic carbocycles. The van der Waals surface area contributed by atoms with Crippen LogP contribution in [0.15, 0.2) is 158 Å². The van der Waals surface area contributed by atoms with Crippen molar-refractivity contribution in [2.24, 2.45) is 0 Å². The fourth-order valence-corrected chi connectivity index (χ4v) is 7.40. The van der Waals surface area contributed by atoms with Crippen molar-refractivity contribution >= 4 is 17.9 Å². The Bertz CT molecular complexity index is 1670. The summed E-state index contributed by atoms with van der Waals surface area (Å²) in [4.78, 5) is 38.2. The van der Waals surface area contributed by atoms with E-state index in [1.54, 1.807) is 0 Å². The average Bonchev–Trinajstić information content (AvgIpc) is 3.39. The van der Waals surface area contributed by atoms with E-state index in [1.165, 1.54) is 51.4 Å². The minimum absolute atomic E-state index is 0.107. The maximum absolute atomic E-state index is 12.9. The minimum atomic E-state index is -0.814. The monoisotopic (exact) mass is 1000 g/mol. The van der Waals surface area contributed by atoms with E-state index in [-0.39, 0.29) is 37.5 Å². The SMILES string of the molecule is CC/C=C\C/C=C\C/C=C\CCCCCCCCCCCC(=O)OCC(COC(=O)CCCCCCC\C=C/C=C\C=C/C=C\C=C/CCC)OC(=O)CCCCCCC\C=C/C=C\C=C/C=C\C=C/CCC. The summed E-state index contributed by atoms with van der Waals surface area (Å²) in [5, 5.41) is 0. The van der Waals surface area contributed by atoms with Gasteiger partial charge in [0.15, 0.2) is 6.10 Å². The van der Waals surface area contributed by atoms with Crippen LogP contribution in [0, 0.1) is 0 Å². The van der Waals surface area contributed by atoms with Crippen LogP contribution in [0.4, 0.5) is 0 Å². The van der Waals surface area contributed by atoms with E-state index in [4.69, 9.17) is 14.2 Å². The number of allylic oxidation sites excluding steroid dienone is 26. The molecule has 0 heterocycles. The molecule has 408 valence electrons. The number of ether oxygens (including phenoxy) is 3. The quantitative estimate of drug-likeness (QED) is 0.0199. The van der Waals surface area contributed by atoms with Gasteiger partial charge in [0.25, 0.3) is 0 Å². The van der Waals surface area contributed by atoms with Crippen molar-refractivity contribution < 1.29 is 28.6 Å². The molecule has 0 rings (SSSR count). The Morgan fingerprint density at radius 2 is 0.589 bits per heavy atom. The van der Waals surface area contributed by atoms with Crippen molar-refractivity contribution in [3.8, 4) is 0 Å². The number of rotatable bonds is 50. The van der Waals surface area contributed by atoms with E-state index < -0.39 is 6.10 Å². The number of hydrogen-bond acceptors (Lipinski definition) is 6. The van der Waals surface area contributed by atoms with Crippen LogP contribution in [0.25, 0.3) is 0 Å². The van der Waals surface area contributed by atoms with Gasteiger partial charge < -0.3 is 14.2 Å². The number of hydrogen-bond donors (Lipinski definition) is 0. The molecule has 0 saturated carbocycles. The predicted molar refractivity (Wildman–Crippen MR) is 315 cm³/mol. The molecule has 0 bridgehead atoms. The Morgan fingerprint density at radius 1 is 0.301 bits per heavy atom. The van der Waals surface area contributed by atoms with E-state index in [9.17, 15) is 14.4 Å². The highest BCUT2D eigenvalue weighted by Crippen LogP contribution is 2.14. The van der Waals surface area contributed by atoms with Gasteiger partial charge in [-0.1, -0.05) is 275 Å². The number of esters is 3. The topological polar surface area (TPSA) is 78.9 Å². The molecule has 0 radical (unpaired) electrons. The molecule has 0 aliphatic heterocycles. The molecule has 0 fully saturated rings. The van der Waals surface area contributed by atoms with Gasteiger partial charge in [-0.15, -0.1) is 0 Å². The van der Waals surface area contributed by atoms with Crippen molar-refractivity contribution in [3.05, 3.63) is 158 Å². The summed E-state index contributed by atoms with van der Waals surface area (Å²) in [5.74, 6) is -0.970. The zero-order chi connectivity index (χ0) is 52.9. The molecule has 0 saturated heterocycles. The minimum Gasteiger partial charge on any atom is -0.462 e. The van der Waals surface area contributed by atoms with E-state index in [1.807, 2.05) is 48.6 Å². The molecule has 6 heteroatoms. The van der Waals surface area contributed by atoms with Gasteiger partial charge in [-0.25, -0.2) is 0 Å². The van der Waals surface area contributed by atoms with Crippen LogP contribution in [0.5, 0.6) is 0 Å². The Morgan fingerprint density at radius 3 is 0.959 bits per heavy atom. The molecule has 0 spiro atoms. The number of carbonyl (C=O) groups excluding carboxylic acids is 3. The van der Waals surface area contributed by atoms with Gasteiger partial charge in [-0.3, -0.25) is 14.4 Å². The van der Waals surface area contributed by atoms with Crippen LogP contribution >= 0.6 is 0 Å². The third-order valence-corrected chi connectivity index (χ3v) is 11.7. The second kappa shape index (κ2) is 59.6. The summed E-state index contributed by atoms with van der Waals surface area (Å²) in [6.45, 7) is 6.30. The van der Waals surface area contributed by atoms with E-state index in [2.05, 4.69) is 130 Å². The standard InChI is InChI=1S/C67H104O6/c1-4-7-10-13-16-19-22-25-28-31-34-37-39-42-45-48-51-54-57-60-66(69)72-63-64(73-67(70)61-58-55-52-49-46-43-40-36-33-30-27-24-21-18-15-12-9-6-3)62-71-65(68)59-56-53-50-47-44-41-38-35-32-29-26-23-20-17-14-11-8-5-2/h7,10-12,14-21,23-30,32-33,35-36,38,40,64H,4-6,8-9,13,22,31,34,37,39,41-63H2,1-3H3/b10-7-,14-11-,15-12-,19-16-,20-17-,21-18-,26-23-,27-24-,28-25-,32-29-,33-30-,38-35-,40-36-. The fourth-order valence-electron chi connectivity index (χ4n) is 7.40. The summed E-state index contributed by atoms with van der Waals surface area (Å²) < 4.78 is 16.8. The highest BCUT2D eigenvalue weighted by atomic mass is 16.6. The third kappa shape index (κ3) is 57.8. The lowest BCUT2D eigenvalue weighted by atomic mass is 10.1. The van der Waals surface area contributed by atoms with Gasteiger partial charge >= 0.3 is 17.9 Å². The van der Waals surface area contributed by atoms with E-state index in [0.717, 1.165) is 135 Å². The first-order valence-corrected chi connectivity index (χ1v) is 29.1. The second-order valence-corrected chi connectivity index (χ2v) is 18.7. The summed E-state index contributed by atoms with van der Waals surface area (Å²) in [6.07, 6.45) is 86.4. The number of carbonyl (C=O) groups is 3. The number of unbranched alkanes of at least 4 members (excludes halogenated alkanes) is 21. The molecule has 0 aromatic rings. The molecular weight excluding hydrogens is 901 g/mol. The van der Waals surface area contributed by atoms with Crippen molar-refractivity contribution in [2.45, 2.75) is 232 Å². The van der Waals surface area contributed by atoms with Crippen LogP contribution in [0.1, 0.15) is 226 Å². The second-order valence-electron chi connectivity index (χ2n) is 18.7. The maximum atomic E-state index is 12.9. The molecule has 0 aliphatic rings. The molecular formula is C67H104O6. The first-order chi connectivity index (χ1) is 36.0. The smallest absolute Gasteiger partial charge is 0.306 e. The van der Waals surface area contributed by atoms with Crippen molar-refractivity contribution in [3.63, 3.8) is 0 Å². The summed E-state index contributed by atoms with van der Waals surface area (Å²) in [6, 6.07) is 0. The van der Waals surface area contributed by atoms with Crippen molar-refractivity contribution in [2.75, 3.05) is 13.2 Å². The summed E-state index contributed by atoms with van der Waals surface area (Å²) in [7, 11) is 0. The maximum Gasteiger partial charge on any atom is 0.306 e. The van der Waals surface area contributed by atoms with Crippen LogP contribution < -0.4 is 0 Å². The first kappa shape index (κ1) is 68.0. The zero-order valence-electron chi connectivity index (χ0n) is 46.6. The normalized spacial score (nSPS) is 13.3. The highest BCUT2D eigenvalue weighted by molar-refractivity contribution is 5.71. The highest BCUT2D eigenvalue weighted by Gasteiger charge is 2.19. The lowest BCUT2D eigenvalue weighted by Gasteiger charge is -2.18. The van der Waals surface area contributed by atoms with E-state index in [0.29, 0.717) is 12.8 Å². The van der Waals surface area contributed by atoms with Crippen molar-refractivity contribution in [1.82, 2.24) is 0 Å². The molecule has 1 atom stereocenters. The lowest BCUT2D eigenvalue weighted by molar-refractivity contribution is -0.167. The molecule has 6 nitrogen and oxygen atoms in total. The van der Waals surface area contributed by atoms with Gasteiger partial charge in [-0.05, 0) is 89.9 Å². The lowest BCUT2D eigenvalue weighted by Crippen LogP contribution is -2.30. The van der Waals surface area contributed by atoms with Gasteiger partial charge in [-0.2, -0.15) is 0 Å². The molecule has 73 heavy (non-hydrogen) atoms. The van der Waals surface area contributed by atoms with Crippen LogP contribution in [-0.2, 0) is 28.6 Å². The molecule has 0 N–H and O–H groups in total. The van der Waals surface area contributed by atoms with Crippen LogP contribution in [0.3, 0.4) is 0 Å². The van der Waals surface area contributed by atoms with Crippen LogP contribution in [0.2, 0.25) is 0 Å². The first-order valence-electron chi connectivity index (χ1n) is 29.1. The van der Waals surface area contributed by atoms with Gasteiger partial charge in [0.05, 0.1) is 0 Å². The fraction of sp³-hybridized carbons (Fsp3) is 0.567. The predicted octanol–water partition coefficient (Wildman–Crippen LogP) is 19.8.